The van der Waals surface area contributed by atoms with Crippen molar-refractivity contribution in [1.82, 2.24) is 10.6 Å². The maximum Gasteiger partial charge on any atom is 0.257 e. The van der Waals surface area contributed by atoms with Gasteiger partial charge in [0.2, 0.25) is 0 Å². The van der Waals surface area contributed by atoms with Crippen LogP contribution in [-0.4, -0.2) is 37.9 Å². The Balaban J connectivity index is 1.45. The van der Waals surface area contributed by atoms with E-state index in [0.717, 1.165) is 25.9 Å². The molecule has 5 heteroatoms. The minimum Gasteiger partial charge on any atom is -0.484 e. The van der Waals surface area contributed by atoms with E-state index in [1.807, 2.05) is 18.2 Å². The number of piperidine rings is 1. The maximum absolute atomic E-state index is 12.3. The average molecular weight is 352 g/mol. The molecule has 1 unspecified atom stereocenters. The van der Waals surface area contributed by atoms with Gasteiger partial charge in [0, 0.05) is 17.7 Å². The molecule has 0 aromatic heterocycles. The van der Waals surface area contributed by atoms with Crippen molar-refractivity contribution < 1.29 is 14.3 Å². The molecule has 0 saturated carbocycles. The summed E-state index contributed by atoms with van der Waals surface area (Å²) >= 11 is 0. The smallest absolute Gasteiger partial charge is 0.257 e. The molecule has 1 fully saturated rings. The van der Waals surface area contributed by atoms with Crippen LogP contribution in [0.2, 0.25) is 0 Å². The molecular formula is C21H24N2O3. The zero-order valence-corrected chi connectivity index (χ0v) is 14.7. The van der Waals surface area contributed by atoms with Crippen LogP contribution in [0.15, 0.2) is 54.6 Å². The summed E-state index contributed by atoms with van der Waals surface area (Å²) in [6.45, 7) is 2.68. The predicted octanol–water partition coefficient (Wildman–Crippen LogP) is 2.41. The van der Waals surface area contributed by atoms with Gasteiger partial charge in [0.1, 0.15) is 5.75 Å². The lowest BCUT2D eigenvalue weighted by Gasteiger charge is -2.22. The van der Waals surface area contributed by atoms with Gasteiger partial charge in [-0.1, -0.05) is 30.3 Å². The van der Waals surface area contributed by atoms with Crippen molar-refractivity contribution in [1.29, 1.82) is 0 Å². The standard InChI is InChI=1S/C21H24N2O3/c24-20(23-14-16-5-4-12-22-13-16)15-26-19-10-8-18(9-11-19)21(25)17-6-2-1-3-7-17/h1-3,6-11,16,22H,4-5,12-15H2,(H,23,24). The molecule has 0 bridgehead atoms. The summed E-state index contributed by atoms with van der Waals surface area (Å²) in [5.41, 5.74) is 1.25. The average Bonchev–Trinajstić information content (AvgIpc) is 2.72. The fourth-order valence-electron chi connectivity index (χ4n) is 3.02. The molecule has 1 heterocycles. The highest BCUT2D eigenvalue weighted by Crippen LogP contribution is 2.15. The van der Waals surface area contributed by atoms with Crippen molar-refractivity contribution >= 4 is 11.7 Å². The molecule has 0 spiro atoms. The first-order valence-corrected chi connectivity index (χ1v) is 9.02. The zero-order valence-electron chi connectivity index (χ0n) is 14.7. The molecule has 1 aliphatic rings. The lowest BCUT2D eigenvalue weighted by molar-refractivity contribution is -0.123. The summed E-state index contributed by atoms with van der Waals surface area (Å²) in [6.07, 6.45) is 2.30. The Bertz CT molecular complexity index is 723. The van der Waals surface area contributed by atoms with Gasteiger partial charge in [-0.05, 0) is 56.1 Å². The molecule has 2 aromatic rings. The molecule has 3 rings (SSSR count). The number of ketones is 1. The van der Waals surface area contributed by atoms with Crippen molar-refractivity contribution in [3.05, 3.63) is 65.7 Å². The number of carbonyl (C=O) groups excluding carboxylic acids is 2. The maximum atomic E-state index is 12.3. The van der Waals surface area contributed by atoms with Crippen LogP contribution >= 0.6 is 0 Å². The van der Waals surface area contributed by atoms with Gasteiger partial charge in [-0.25, -0.2) is 0 Å². The molecule has 0 aliphatic carbocycles. The third-order valence-electron chi connectivity index (χ3n) is 4.51. The van der Waals surface area contributed by atoms with E-state index in [2.05, 4.69) is 10.6 Å². The first kappa shape index (κ1) is 18.1. The van der Waals surface area contributed by atoms with Gasteiger partial charge in [-0.2, -0.15) is 0 Å². The summed E-state index contributed by atoms with van der Waals surface area (Å²) in [5, 5.41) is 6.25. The Labute approximate surface area is 153 Å². The molecular weight excluding hydrogens is 328 g/mol. The first-order valence-electron chi connectivity index (χ1n) is 9.02. The Morgan fingerprint density at radius 2 is 1.77 bits per heavy atom. The van der Waals surface area contributed by atoms with Crippen LogP contribution in [0.5, 0.6) is 5.75 Å². The number of hydrogen-bond donors (Lipinski definition) is 2. The summed E-state index contributed by atoms with van der Waals surface area (Å²) in [4.78, 5) is 24.3. The van der Waals surface area contributed by atoms with E-state index in [-0.39, 0.29) is 18.3 Å². The van der Waals surface area contributed by atoms with Crippen molar-refractivity contribution in [2.24, 2.45) is 5.92 Å². The van der Waals surface area contributed by atoms with Crippen molar-refractivity contribution in [3.63, 3.8) is 0 Å². The van der Waals surface area contributed by atoms with E-state index in [1.54, 1.807) is 36.4 Å². The van der Waals surface area contributed by atoms with Gasteiger partial charge in [-0.15, -0.1) is 0 Å². The highest BCUT2D eigenvalue weighted by Gasteiger charge is 2.14. The van der Waals surface area contributed by atoms with Gasteiger partial charge in [0.05, 0.1) is 0 Å². The molecule has 1 saturated heterocycles. The van der Waals surface area contributed by atoms with Gasteiger partial charge in [0.15, 0.2) is 12.4 Å². The molecule has 2 N–H and O–H groups in total. The van der Waals surface area contributed by atoms with Crippen LogP contribution < -0.4 is 15.4 Å². The summed E-state index contributed by atoms with van der Waals surface area (Å²) in [6, 6.07) is 16.0. The predicted molar refractivity (Wildman–Crippen MR) is 100 cm³/mol. The fraction of sp³-hybridized carbons (Fsp3) is 0.333. The van der Waals surface area contributed by atoms with Crippen LogP contribution in [0.1, 0.15) is 28.8 Å². The highest BCUT2D eigenvalue weighted by molar-refractivity contribution is 6.08. The van der Waals surface area contributed by atoms with Gasteiger partial charge >= 0.3 is 0 Å². The van der Waals surface area contributed by atoms with Crippen molar-refractivity contribution in [3.8, 4) is 5.75 Å². The van der Waals surface area contributed by atoms with Crippen molar-refractivity contribution in [2.45, 2.75) is 12.8 Å². The van der Waals surface area contributed by atoms with Crippen LogP contribution in [0.4, 0.5) is 0 Å². The quantitative estimate of drug-likeness (QED) is 0.751. The van der Waals surface area contributed by atoms with Crippen LogP contribution in [0.25, 0.3) is 0 Å². The number of ether oxygens (including phenoxy) is 1. The second kappa shape index (κ2) is 9.15. The minimum atomic E-state index is -0.125. The number of hydrogen-bond acceptors (Lipinski definition) is 4. The van der Waals surface area contributed by atoms with Crippen LogP contribution in [-0.2, 0) is 4.79 Å². The topological polar surface area (TPSA) is 67.4 Å². The highest BCUT2D eigenvalue weighted by atomic mass is 16.5. The van der Waals surface area contributed by atoms with E-state index in [4.69, 9.17) is 4.74 Å². The molecule has 26 heavy (non-hydrogen) atoms. The van der Waals surface area contributed by atoms with Crippen molar-refractivity contribution in [2.75, 3.05) is 26.2 Å². The molecule has 1 aliphatic heterocycles. The molecule has 1 amide bonds. The van der Waals surface area contributed by atoms with Gasteiger partial charge < -0.3 is 15.4 Å². The van der Waals surface area contributed by atoms with E-state index < -0.39 is 0 Å². The minimum absolute atomic E-state index is 0.0217. The monoisotopic (exact) mass is 352 g/mol. The van der Waals surface area contributed by atoms with Crippen LogP contribution in [0.3, 0.4) is 0 Å². The summed E-state index contributed by atoms with van der Waals surface area (Å²) in [7, 11) is 0. The molecule has 136 valence electrons. The Kier molecular flexibility index (Phi) is 6.39. The van der Waals surface area contributed by atoms with Gasteiger partial charge in [0.25, 0.3) is 5.91 Å². The normalized spacial score (nSPS) is 16.7. The van der Waals surface area contributed by atoms with E-state index in [9.17, 15) is 9.59 Å². The largest absolute Gasteiger partial charge is 0.484 e. The SMILES string of the molecule is O=C(COc1ccc(C(=O)c2ccccc2)cc1)NCC1CCCNC1. The molecule has 0 radical (unpaired) electrons. The lowest BCUT2D eigenvalue weighted by Crippen LogP contribution is -2.39. The lowest BCUT2D eigenvalue weighted by atomic mass is 10.00. The van der Waals surface area contributed by atoms with Crippen LogP contribution in [0, 0.1) is 5.92 Å². The van der Waals surface area contributed by atoms with Gasteiger partial charge in [-0.3, -0.25) is 9.59 Å². The summed E-state index contributed by atoms with van der Waals surface area (Å²) < 4.78 is 5.51. The summed E-state index contributed by atoms with van der Waals surface area (Å²) in [5.74, 6) is 0.913. The van der Waals surface area contributed by atoms with E-state index in [0.29, 0.717) is 29.3 Å². The molecule has 5 nitrogen and oxygen atoms in total. The second-order valence-corrected chi connectivity index (χ2v) is 6.52. The fourth-order valence-corrected chi connectivity index (χ4v) is 3.02. The Morgan fingerprint density at radius 1 is 1.04 bits per heavy atom. The number of carbonyl (C=O) groups is 2. The second-order valence-electron chi connectivity index (χ2n) is 6.52. The molecule has 2 aromatic carbocycles. The van der Waals surface area contributed by atoms with E-state index in [1.165, 1.54) is 0 Å². The first-order chi connectivity index (χ1) is 12.7. The number of nitrogens with one attached hydrogen (secondary N) is 2. The van der Waals surface area contributed by atoms with E-state index >= 15 is 0 Å². The Hall–Kier alpha value is -2.66. The third-order valence-corrected chi connectivity index (χ3v) is 4.51. The Morgan fingerprint density at radius 3 is 2.46 bits per heavy atom. The number of amides is 1. The number of benzene rings is 2. The number of rotatable bonds is 7. The molecule has 1 atom stereocenters. The third kappa shape index (κ3) is 5.17. The zero-order chi connectivity index (χ0) is 18.2.